The van der Waals surface area contributed by atoms with Crippen molar-refractivity contribution in [2.45, 2.75) is 32.4 Å². The molecule has 0 spiro atoms. The molecule has 3 rings (SSSR count). The summed E-state index contributed by atoms with van der Waals surface area (Å²) in [4.78, 5) is 20.3. The summed E-state index contributed by atoms with van der Waals surface area (Å²) in [7, 11) is 0. The van der Waals surface area contributed by atoms with Gasteiger partial charge in [0.2, 0.25) is 0 Å². The molecule has 0 aliphatic heterocycles. The Labute approximate surface area is 134 Å². The van der Waals surface area contributed by atoms with Gasteiger partial charge in [0.25, 0.3) is 0 Å². The van der Waals surface area contributed by atoms with Crippen LogP contribution in [0.4, 0.5) is 4.79 Å². The van der Waals surface area contributed by atoms with Gasteiger partial charge in [-0.15, -0.1) is 0 Å². The molecule has 2 aromatic rings. The number of nitrogens with one attached hydrogen (secondary N) is 2. The minimum atomic E-state index is -0.191. The van der Waals surface area contributed by atoms with Crippen molar-refractivity contribution in [1.29, 1.82) is 0 Å². The van der Waals surface area contributed by atoms with E-state index < -0.39 is 0 Å². The van der Waals surface area contributed by atoms with Crippen LogP contribution in [0.2, 0.25) is 5.02 Å². The molecule has 0 saturated carbocycles. The zero-order valence-corrected chi connectivity index (χ0v) is 13.0. The van der Waals surface area contributed by atoms with Gasteiger partial charge in [-0.3, -0.25) is 0 Å². The molecular weight excluding hydrogens is 300 g/mol. The number of carbonyl (C=O) groups excluding carboxylic acids is 1. The summed E-state index contributed by atoms with van der Waals surface area (Å²) < 4.78 is 0. The van der Waals surface area contributed by atoms with Crippen molar-refractivity contribution in [1.82, 2.24) is 20.6 Å². The van der Waals surface area contributed by atoms with Crippen LogP contribution in [0.25, 0.3) is 0 Å². The number of hydrogen-bond acceptors (Lipinski definition) is 3. The molecule has 2 amide bonds. The molecule has 0 bridgehead atoms. The molecule has 1 aromatic heterocycles. The van der Waals surface area contributed by atoms with Gasteiger partial charge in [0.05, 0.1) is 18.3 Å². The molecule has 0 unspecified atom stereocenters. The fraction of sp³-hybridized carbons (Fsp3) is 0.312. The van der Waals surface area contributed by atoms with E-state index in [1.165, 1.54) is 5.56 Å². The van der Waals surface area contributed by atoms with Crippen LogP contribution in [0.3, 0.4) is 0 Å². The van der Waals surface area contributed by atoms with Crippen LogP contribution in [0.1, 0.15) is 35.1 Å². The summed E-state index contributed by atoms with van der Waals surface area (Å²) in [6.45, 7) is 2.21. The Bertz CT molecular complexity index is 704. The summed E-state index contributed by atoms with van der Waals surface area (Å²) in [5, 5.41) is 6.57. The van der Waals surface area contributed by atoms with Gasteiger partial charge in [-0.2, -0.15) is 0 Å². The number of amides is 2. The second-order valence-electron chi connectivity index (χ2n) is 5.36. The maximum absolute atomic E-state index is 12.0. The SMILES string of the molecule is Cc1nccc(CNC(=O)N[C@H]2CCc3cc(Cl)ccc32)n1. The predicted octanol–water partition coefficient (Wildman–Crippen LogP) is 2.93. The Morgan fingerprint density at radius 3 is 3.09 bits per heavy atom. The minimum Gasteiger partial charge on any atom is -0.332 e. The summed E-state index contributed by atoms with van der Waals surface area (Å²) in [6, 6.07) is 7.47. The van der Waals surface area contributed by atoms with Gasteiger partial charge >= 0.3 is 6.03 Å². The van der Waals surface area contributed by atoms with E-state index in [0.29, 0.717) is 12.4 Å². The van der Waals surface area contributed by atoms with E-state index in [9.17, 15) is 4.79 Å². The lowest BCUT2D eigenvalue weighted by molar-refractivity contribution is 0.236. The van der Waals surface area contributed by atoms with Gasteiger partial charge in [-0.1, -0.05) is 17.7 Å². The Morgan fingerprint density at radius 1 is 1.41 bits per heavy atom. The van der Waals surface area contributed by atoms with Crippen LogP contribution in [-0.4, -0.2) is 16.0 Å². The number of carbonyl (C=O) groups is 1. The fourth-order valence-corrected chi connectivity index (χ4v) is 2.91. The third-order valence-corrected chi connectivity index (χ3v) is 3.99. The number of hydrogen-bond donors (Lipinski definition) is 2. The number of urea groups is 1. The molecule has 5 nitrogen and oxygen atoms in total. The quantitative estimate of drug-likeness (QED) is 0.915. The smallest absolute Gasteiger partial charge is 0.315 e. The third-order valence-electron chi connectivity index (χ3n) is 3.75. The average Bonchev–Trinajstić information content (AvgIpc) is 2.87. The van der Waals surface area contributed by atoms with Crippen LogP contribution in [-0.2, 0) is 13.0 Å². The van der Waals surface area contributed by atoms with Crippen molar-refractivity contribution >= 4 is 17.6 Å². The maximum atomic E-state index is 12.0. The number of benzene rings is 1. The molecule has 1 aliphatic rings. The van der Waals surface area contributed by atoms with E-state index in [1.807, 2.05) is 25.1 Å². The Hall–Kier alpha value is -2.14. The minimum absolute atomic E-state index is 0.0411. The molecule has 2 N–H and O–H groups in total. The van der Waals surface area contributed by atoms with E-state index >= 15 is 0 Å². The Kier molecular flexibility index (Phi) is 4.24. The van der Waals surface area contributed by atoms with Crippen molar-refractivity contribution in [2.75, 3.05) is 0 Å². The zero-order valence-electron chi connectivity index (χ0n) is 12.3. The number of nitrogens with zero attached hydrogens (tertiary/aromatic N) is 2. The highest BCUT2D eigenvalue weighted by atomic mass is 35.5. The third kappa shape index (κ3) is 3.36. The molecule has 114 valence electrons. The number of fused-ring (bicyclic) bond motifs is 1. The van der Waals surface area contributed by atoms with E-state index in [1.54, 1.807) is 12.3 Å². The standard InChI is InChI=1S/C16H17ClN4O/c1-10-18-7-6-13(20-10)9-19-16(22)21-15-5-2-11-8-12(17)3-4-14(11)15/h3-4,6-8,15H,2,5,9H2,1H3,(H2,19,21,22)/t15-/m0/s1. The number of aryl methyl sites for hydroxylation is 2. The monoisotopic (exact) mass is 316 g/mol. The normalized spacial score (nSPS) is 16.2. The first-order valence-corrected chi connectivity index (χ1v) is 7.61. The lowest BCUT2D eigenvalue weighted by Crippen LogP contribution is -2.37. The summed E-state index contributed by atoms with van der Waals surface area (Å²) in [5.41, 5.74) is 3.16. The van der Waals surface area contributed by atoms with Gasteiger partial charge in [0.15, 0.2) is 0 Å². The van der Waals surface area contributed by atoms with Gasteiger partial charge < -0.3 is 10.6 Å². The maximum Gasteiger partial charge on any atom is 0.315 e. The summed E-state index contributed by atoms with van der Waals surface area (Å²) in [6.07, 6.45) is 3.52. The predicted molar refractivity (Wildman–Crippen MR) is 84.7 cm³/mol. The molecule has 0 fully saturated rings. The van der Waals surface area contributed by atoms with Gasteiger partial charge in [0.1, 0.15) is 5.82 Å². The molecule has 0 radical (unpaired) electrons. The second-order valence-corrected chi connectivity index (χ2v) is 5.79. The molecule has 1 aromatic carbocycles. The van der Waals surface area contributed by atoms with Crippen LogP contribution >= 0.6 is 11.6 Å². The summed E-state index contributed by atoms with van der Waals surface area (Å²) in [5.74, 6) is 0.696. The van der Waals surface area contributed by atoms with Crippen LogP contribution in [0.15, 0.2) is 30.5 Å². The number of halogens is 1. The van der Waals surface area contributed by atoms with Crippen LogP contribution < -0.4 is 10.6 Å². The average molecular weight is 317 g/mol. The fourth-order valence-electron chi connectivity index (χ4n) is 2.72. The number of rotatable bonds is 3. The lowest BCUT2D eigenvalue weighted by Gasteiger charge is -2.15. The molecule has 1 atom stereocenters. The van der Waals surface area contributed by atoms with E-state index in [0.717, 1.165) is 29.1 Å². The number of aromatic nitrogens is 2. The molecule has 0 saturated heterocycles. The first kappa shape index (κ1) is 14.8. The molecule has 22 heavy (non-hydrogen) atoms. The first-order chi connectivity index (χ1) is 10.6. The van der Waals surface area contributed by atoms with Crippen molar-refractivity contribution in [3.05, 3.63) is 58.1 Å². The zero-order chi connectivity index (χ0) is 15.5. The lowest BCUT2D eigenvalue weighted by atomic mass is 10.1. The van der Waals surface area contributed by atoms with E-state index in [4.69, 9.17) is 11.6 Å². The van der Waals surface area contributed by atoms with Crippen molar-refractivity contribution in [2.24, 2.45) is 0 Å². The summed E-state index contributed by atoms with van der Waals surface area (Å²) >= 11 is 6.00. The van der Waals surface area contributed by atoms with Gasteiger partial charge in [0, 0.05) is 11.2 Å². The highest BCUT2D eigenvalue weighted by molar-refractivity contribution is 6.30. The van der Waals surface area contributed by atoms with Crippen molar-refractivity contribution in [3.8, 4) is 0 Å². The van der Waals surface area contributed by atoms with Crippen LogP contribution in [0, 0.1) is 6.92 Å². The van der Waals surface area contributed by atoms with E-state index in [2.05, 4.69) is 20.6 Å². The van der Waals surface area contributed by atoms with Gasteiger partial charge in [-0.05, 0) is 49.1 Å². The highest BCUT2D eigenvalue weighted by Gasteiger charge is 2.23. The highest BCUT2D eigenvalue weighted by Crippen LogP contribution is 2.32. The van der Waals surface area contributed by atoms with Gasteiger partial charge in [-0.25, -0.2) is 14.8 Å². The van der Waals surface area contributed by atoms with E-state index in [-0.39, 0.29) is 12.1 Å². The Morgan fingerprint density at radius 2 is 2.27 bits per heavy atom. The molecule has 6 heteroatoms. The molecule has 1 aliphatic carbocycles. The molecule has 1 heterocycles. The molecular formula is C16H17ClN4O. The van der Waals surface area contributed by atoms with Crippen molar-refractivity contribution < 1.29 is 4.79 Å². The topological polar surface area (TPSA) is 66.9 Å². The Balaban J connectivity index is 1.57. The van der Waals surface area contributed by atoms with Crippen LogP contribution in [0.5, 0.6) is 0 Å². The largest absolute Gasteiger partial charge is 0.332 e. The van der Waals surface area contributed by atoms with Crippen molar-refractivity contribution in [3.63, 3.8) is 0 Å². The first-order valence-electron chi connectivity index (χ1n) is 7.23. The second kappa shape index (κ2) is 6.32.